The van der Waals surface area contributed by atoms with E-state index in [-0.39, 0.29) is 24.0 Å². The SMILES string of the molecule is CN(CCN1CCOCC1=C=O)c1cc(OC(F)F)c(Nc2nccc(-c3cn(C)c4ccccc34)n2)cc1C=CC(N)=O. The van der Waals surface area contributed by atoms with Crippen molar-refractivity contribution in [1.29, 1.82) is 0 Å². The number of likely N-dealkylation sites (N-methyl/N-ethyl adjacent to an activating group) is 1. The minimum absolute atomic E-state index is 0.154. The Labute approximate surface area is 252 Å². The molecule has 3 N–H and O–H groups in total. The number of carbonyl (C=O) groups is 1. The number of nitrogens with two attached hydrogens (primary N) is 1. The summed E-state index contributed by atoms with van der Waals surface area (Å²) in [6.45, 7) is -1.10. The molecule has 0 radical (unpaired) electrons. The van der Waals surface area contributed by atoms with Crippen LogP contribution in [0.25, 0.3) is 28.2 Å². The summed E-state index contributed by atoms with van der Waals surface area (Å²) in [4.78, 5) is 35.6. The Hall–Kier alpha value is -5.26. The number of aromatic nitrogens is 3. The molecule has 2 aromatic carbocycles. The average Bonchev–Trinajstić information content (AvgIpc) is 3.36. The highest BCUT2D eigenvalue weighted by Gasteiger charge is 2.20. The van der Waals surface area contributed by atoms with Gasteiger partial charge in [-0.25, -0.2) is 14.8 Å². The molecule has 0 saturated carbocycles. The zero-order valence-corrected chi connectivity index (χ0v) is 24.2. The summed E-state index contributed by atoms with van der Waals surface area (Å²) in [6.07, 6.45) is 6.20. The maximum Gasteiger partial charge on any atom is 0.387 e. The third-order valence-corrected chi connectivity index (χ3v) is 7.21. The molecule has 1 amide bonds. The van der Waals surface area contributed by atoms with E-state index >= 15 is 0 Å². The van der Waals surface area contributed by atoms with Crippen LogP contribution in [0.5, 0.6) is 5.75 Å². The predicted molar refractivity (Wildman–Crippen MR) is 163 cm³/mol. The monoisotopic (exact) mass is 603 g/mol. The molecule has 4 aromatic rings. The smallest absolute Gasteiger partial charge is 0.387 e. The number of fused-ring (bicyclic) bond motifs is 1. The van der Waals surface area contributed by atoms with Crippen LogP contribution >= 0.6 is 0 Å². The number of nitrogens with zero attached hydrogens (tertiary/aromatic N) is 5. The van der Waals surface area contributed by atoms with E-state index in [1.165, 1.54) is 18.2 Å². The number of anilines is 3. The zero-order valence-electron chi connectivity index (χ0n) is 24.2. The minimum atomic E-state index is -3.11. The van der Waals surface area contributed by atoms with Crippen molar-refractivity contribution in [3.8, 4) is 17.0 Å². The third kappa shape index (κ3) is 6.86. The van der Waals surface area contributed by atoms with Crippen molar-refractivity contribution in [2.75, 3.05) is 50.1 Å². The van der Waals surface area contributed by atoms with Crippen molar-refractivity contribution in [2.45, 2.75) is 6.61 Å². The molecule has 2 aromatic heterocycles. The number of hydrogen-bond donors (Lipinski definition) is 2. The standard InChI is InChI=1S/C31H31F2N7O4/c1-38(11-12-40-13-14-43-19-21(40)18-41)27-16-28(44-30(32)33)25(15-20(27)7-8-29(34)42)37-31-35-10-9-24(36-31)23-17-39(2)26-6-4-3-5-22(23)26/h3-10,15-17,30H,11-14,19H2,1-2H3,(H2,34,42)(H,35,36,37). The Morgan fingerprint density at radius 2 is 2.11 bits per heavy atom. The van der Waals surface area contributed by atoms with E-state index < -0.39 is 12.5 Å². The molecule has 0 atom stereocenters. The van der Waals surface area contributed by atoms with Crippen LogP contribution in [0.2, 0.25) is 0 Å². The third-order valence-electron chi connectivity index (χ3n) is 7.21. The molecule has 1 fully saturated rings. The second-order valence-electron chi connectivity index (χ2n) is 10.1. The molecule has 1 saturated heterocycles. The Morgan fingerprint density at radius 3 is 2.89 bits per heavy atom. The Bertz CT molecular complexity index is 1750. The second-order valence-corrected chi connectivity index (χ2v) is 10.1. The number of benzene rings is 2. The number of aryl methyl sites for hydroxylation is 1. The van der Waals surface area contributed by atoms with Crippen LogP contribution in [0, 0.1) is 0 Å². The van der Waals surface area contributed by atoms with Gasteiger partial charge in [0.2, 0.25) is 11.9 Å². The second kappa shape index (κ2) is 13.4. The van der Waals surface area contributed by atoms with E-state index in [1.807, 2.05) is 52.9 Å². The van der Waals surface area contributed by atoms with Gasteiger partial charge in [-0.3, -0.25) is 4.79 Å². The van der Waals surface area contributed by atoms with Gasteiger partial charge in [0.1, 0.15) is 11.6 Å². The summed E-state index contributed by atoms with van der Waals surface area (Å²) in [5.41, 5.74) is 9.45. The number of halogens is 2. The topological polar surface area (TPSA) is 128 Å². The van der Waals surface area contributed by atoms with Crippen molar-refractivity contribution in [1.82, 2.24) is 19.4 Å². The molecule has 0 bridgehead atoms. The number of primary amides is 1. The highest BCUT2D eigenvalue weighted by atomic mass is 19.3. The van der Waals surface area contributed by atoms with Gasteiger partial charge in [-0.05, 0) is 24.3 Å². The number of rotatable bonds is 11. The van der Waals surface area contributed by atoms with Crippen molar-refractivity contribution < 1.29 is 27.8 Å². The molecule has 5 rings (SSSR count). The lowest BCUT2D eigenvalue weighted by Crippen LogP contribution is -2.39. The summed E-state index contributed by atoms with van der Waals surface area (Å²) in [6, 6.07) is 12.7. The molecule has 1 aliphatic rings. The van der Waals surface area contributed by atoms with Crippen LogP contribution in [0.4, 0.5) is 26.1 Å². The van der Waals surface area contributed by atoms with Crippen LogP contribution < -0.4 is 20.7 Å². The van der Waals surface area contributed by atoms with E-state index in [1.54, 1.807) is 30.3 Å². The number of nitrogens with one attached hydrogen (secondary N) is 1. The normalized spacial score (nSPS) is 13.5. The lowest BCUT2D eigenvalue weighted by Gasteiger charge is -2.32. The molecule has 0 aliphatic carbocycles. The fraction of sp³-hybridized carbons (Fsp3) is 0.258. The number of alkyl halides is 2. The maximum atomic E-state index is 13.6. The van der Waals surface area contributed by atoms with E-state index in [9.17, 15) is 18.4 Å². The molecule has 0 unspecified atom stereocenters. The average molecular weight is 604 g/mol. The molecule has 44 heavy (non-hydrogen) atoms. The fourth-order valence-electron chi connectivity index (χ4n) is 5.05. The molecule has 3 heterocycles. The molecule has 228 valence electrons. The van der Waals surface area contributed by atoms with Crippen molar-refractivity contribution >= 4 is 46.2 Å². The first-order chi connectivity index (χ1) is 21.2. The molecule has 13 heteroatoms. The van der Waals surface area contributed by atoms with Gasteiger partial charge >= 0.3 is 6.61 Å². The van der Waals surface area contributed by atoms with E-state index in [4.69, 9.17) is 15.2 Å². The number of amides is 1. The van der Waals surface area contributed by atoms with Gasteiger partial charge in [-0.2, -0.15) is 8.78 Å². The van der Waals surface area contributed by atoms with Crippen LogP contribution in [-0.4, -0.2) is 77.8 Å². The number of hydrogen-bond acceptors (Lipinski definition) is 9. The van der Waals surface area contributed by atoms with E-state index in [0.29, 0.717) is 48.9 Å². The van der Waals surface area contributed by atoms with Gasteiger partial charge in [0.05, 0.1) is 24.6 Å². The van der Waals surface area contributed by atoms with Gasteiger partial charge in [-0.1, -0.05) is 18.2 Å². The zero-order chi connectivity index (χ0) is 31.2. The molecular formula is C31H31F2N7O4. The molecule has 1 aliphatic heterocycles. The largest absolute Gasteiger partial charge is 0.433 e. The van der Waals surface area contributed by atoms with Crippen molar-refractivity contribution in [3.63, 3.8) is 0 Å². The van der Waals surface area contributed by atoms with Crippen LogP contribution in [0.3, 0.4) is 0 Å². The van der Waals surface area contributed by atoms with Crippen LogP contribution in [-0.2, 0) is 21.4 Å². The summed E-state index contributed by atoms with van der Waals surface area (Å²) in [5, 5.41) is 4.01. The Kier molecular flexibility index (Phi) is 9.17. The highest BCUT2D eigenvalue weighted by molar-refractivity contribution is 5.95. The van der Waals surface area contributed by atoms with Gasteiger partial charge in [-0.15, -0.1) is 0 Å². The summed E-state index contributed by atoms with van der Waals surface area (Å²) in [7, 11) is 3.70. The Balaban J connectivity index is 1.49. The summed E-state index contributed by atoms with van der Waals surface area (Å²) < 4.78 is 39.4. The minimum Gasteiger partial charge on any atom is -0.433 e. The number of ether oxygens (including phenoxy) is 2. The number of carbonyl (C=O) groups excluding carboxylic acids is 2. The van der Waals surface area contributed by atoms with Crippen LogP contribution in [0.15, 0.2) is 66.6 Å². The van der Waals surface area contributed by atoms with Gasteiger partial charge < -0.3 is 34.9 Å². The van der Waals surface area contributed by atoms with E-state index in [0.717, 1.165) is 16.5 Å². The lowest BCUT2D eigenvalue weighted by atomic mass is 10.1. The highest BCUT2D eigenvalue weighted by Crippen LogP contribution is 2.37. The number of morpholine rings is 1. The van der Waals surface area contributed by atoms with Gasteiger partial charge in [0, 0.05) is 86.0 Å². The van der Waals surface area contributed by atoms with Crippen molar-refractivity contribution in [3.05, 3.63) is 72.2 Å². The van der Waals surface area contributed by atoms with Gasteiger partial charge in [0.15, 0.2) is 5.75 Å². The first-order valence-electron chi connectivity index (χ1n) is 13.8. The molecular weight excluding hydrogens is 572 g/mol. The summed E-state index contributed by atoms with van der Waals surface area (Å²) >= 11 is 0. The first-order valence-corrected chi connectivity index (χ1v) is 13.8. The van der Waals surface area contributed by atoms with E-state index in [2.05, 4.69) is 15.3 Å². The maximum absolute atomic E-state index is 13.6. The van der Waals surface area contributed by atoms with Gasteiger partial charge in [0.25, 0.3) is 0 Å². The number of para-hydroxylation sites is 1. The molecule has 0 spiro atoms. The predicted octanol–water partition coefficient (Wildman–Crippen LogP) is 3.96. The molecule has 11 nitrogen and oxygen atoms in total. The summed E-state index contributed by atoms with van der Waals surface area (Å²) in [5.74, 6) is 1.23. The van der Waals surface area contributed by atoms with Crippen molar-refractivity contribution in [2.24, 2.45) is 12.8 Å². The fourth-order valence-corrected chi connectivity index (χ4v) is 5.05. The lowest BCUT2D eigenvalue weighted by molar-refractivity contribution is -0.113. The first kappa shape index (κ1) is 30.2. The van der Waals surface area contributed by atoms with Crippen LogP contribution in [0.1, 0.15) is 5.56 Å². The Morgan fingerprint density at radius 1 is 1.30 bits per heavy atom. The quantitative estimate of drug-likeness (QED) is 0.193.